The summed E-state index contributed by atoms with van der Waals surface area (Å²) < 4.78 is 23.6. The minimum absolute atomic E-state index is 0.0365. The number of ether oxygens (including phenoxy) is 4. The Kier molecular flexibility index (Phi) is 6.86. The quantitative estimate of drug-likeness (QED) is 0.698. The SMILES string of the molecule is CC(C)OC(=O)c1csc([C@H]2CC[C@@H]3[C@@H](CO)[C@H](OC4CCCCO4)C[C@@H]3O2)n1. The molecule has 3 aliphatic rings. The Hall–Kier alpha value is -1.06. The number of fused-ring (bicyclic) bond motifs is 1. The van der Waals surface area contributed by atoms with Gasteiger partial charge in [0.05, 0.1) is 18.3 Å². The molecule has 8 heteroatoms. The highest BCUT2D eigenvalue weighted by Gasteiger charge is 2.48. The van der Waals surface area contributed by atoms with Gasteiger partial charge in [-0.1, -0.05) is 0 Å². The number of nitrogens with zero attached hydrogens (tertiary/aromatic N) is 1. The molecule has 1 unspecified atom stereocenters. The largest absolute Gasteiger partial charge is 0.458 e. The van der Waals surface area contributed by atoms with Crippen molar-refractivity contribution in [2.24, 2.45) is 11.8 Å². The smallest absolute Gasteiger partial charge is 0.358 e. The van der Waals surface area contributed by atoms with E-state index in [9.17, 15) is 9.90 Å². The fraction of sp³-hybridized carbons (Fsp3) is 0.810. The van der Waals surface area contributed by atoms with Crippen LogP contribution < -0.4 is 0 Å². The first kappa shape index (κ1) is 21.2. The zero-order valence-electron chi connectivity index (χ0n) is 17.1. The van der Waals surface area contributed by atoms with Crippen LogP contribution in [0.1, 0.15) is 74.0 Å². The average molecular weight is 426 g/mol. The maximum atomic E-state index is 12.1. The first-order valence-electron chi connectivity index (χ1n) is 10.7. The Labute approximate surface area is 175 Å². The van der Waals surface area contributed by atoms with Gasteiger partial charge in [-0.2, -0.15) is 0 Å². The van der Waals surface area contributed by atoms with E-state index in [2.05, 4.69) is 4.98 Å². The van der Waals surface area contributed by atoms with Crippen molar-refractivity contribution < 1.29 is 28.8 Å². The normalized spacial score (nSPS) is 34.9. The van der Waals surface area contributed by atoms with Crippen molar-refractivity contribution in [2.75, 3.05) is 13.2 Å². The van der Waals surface area contributed by atoms with E-state index in [1.165, 1.54) is 11.3 Å². The second-order valence-corrected chi connectivity index (χ2v) is 9.37. The number of aliphatic hydroxyl groups is 1. The summed E-state index contributed by atoms with van der Waals surface area (Å²) in [6, 6.07) is 0. The summed E-state index contributed by atoms with van der Waals surface area (Å²) in [7, 11) is 0. The van der Waals surface area contributed by atoms with Crippen LogP contribution in [-0.2, 0) is 18.9 Å². The van der Waals surface area contributed by atoms with E-state index in [4.69, 9.17) is 18.9 Å². The highest BCUT2D eigenvalue weighted by Crippen LogP contribution is 2.47. The second kappa shape index (κ2) is 9.39. The summed E-state index contributed by atoms with van der Waals surface area (Å²) in [5.74, 6) is -0.0205. The molecule has 1 aliphatic carbocycles. The van der Waals surface area contributed by atoms with Crippen LogP contribution in [0.15, 0.2) is 5.38 Å². The summed E-state index contributed by atoms with van der Waals surface area (Å²) in [6.45, 7) is 4.50. The van der Waals surface area contributed by atoms with Crippen LogP contribution in [0.2, 0.25) is 0 Å². The molecule has 1 aromatic rings. The molecule has 1 N–H and O–H groups in total. The van der Waals surface area contributed by atoms with Gasteiger partial charge >= 0.3 is 5.97 Å². The maximum Gasteiger partial charge on any atom is 0.358 e. The Morgan fingerprint density at radius 2 is 2.21 bits per heavy atom. The van der Waals surface area contributed by atoms with Crippen LogP contribution in [-0.4, -0.2) is 53.9 Å². The maximum absolute atomic E-state index is 12.1. The first-order valence-corrected chi connectivity index (χ1v) is 11.6. The van der Waals surface area contributed by atoms with Crippen LogP contribution in [0, 0.1) is 11.8 Å². The molecule has 7 nitrogen and oxygen atoms in total. The molecule has 0 spiro atoms. The number of aliphatic hydroxyl groups excluding tert-OH is 1. The molecular formula is C21H31NO6S. The molecule has 0 aromatic carbocycles. The standard InChI is InChI=1S/C21H31NO6S/c1-12(2)26-21(24)15-11-29-20(22-15)16-7-6-13-14(10-23)18(9-17(13)27-16)28-19-5-3-4-8-25-19/h11-14,16-19,23H,3-10H2,1-2H3/t13-,14-,16-,17+,18-,19?/m1/s1. The molecule has 0 amide bonds. The summed E-state index contributed by atoms with van der Waals surface area (Å²) in [6.07, 6.45) is 5.23. The molecule has 2 saturated heterocycles. The zero-order valence-corrected chi connectivity index (χ0v) is 17.9. The molecule has 4 rings (SSSR count). The summed E-state index contributed by atoms with van der Waals surface area (Å²) in [4.78, 5) is 16.5. The number of rotatable bonds is 6. The number of hydrogen-bond donors (Lipinski definition) is 1. The third kappa shape index (κ3) is 4.82. The Morgan fingerprint density at radius 3 is 2.93 bits per heavy atom. The van der Waals surface area contributed by atoms with Crippen molar-refractivity contribution >= 4 is 17.3 Å². The van der Waals surface area contributed by atoms with Crippen LogP contribution >= 0.6 is 11.3 Å². The molecule has 162 valence electrons. The number of hydrogen-bond acceptors (Lipinski definition) is 8. The molecule has 29 heavy (non-hydrogen) atoms. The predicted octanol–water partition coefficient (Wildman–Crippen LogP) is 3.47. The summed E-state index contributed by atoms with van der Waals surface area (Å²) >= 11 is 1.44. The lowest BCUT2D eigenvalue weighted by Crippen LogP contribution is -2.34. The van der Waals surface area contributed by atoms with Gasteiger partial charge in [-0.05, 0) is 51.9 Å². The summed E-state index contributed by atoms with van der Waals surface area (Å²) in [5, 5.41) is 12.5. The number of carbonyl (C=O) groups is 1. The fourth-order valence-electron chi connectivity index (χ4n) is 4.72. The highest BCUT2D eigenvalue weighted by atomic mass is 32.1. The van der Waals surface area contributed by atoms with Crippen molar-refractivity contribution in [3.8, 4) is 0 Å². The number of aromatic nitrogens is 1. The van der Waals surface area contributed by atoms with E-state index < -0.39 is 5.97 Å². The lowest BCUT2D eigenvalue weighted by Gasteiger charge is -2.33. The third-order valence-electron chi connectivity index (χ3n) is 6.10. The number of esters is 1. The minimum Gasteiger partial charge on any atom is -0.458 e. The van der Waals surface area contributed by atoms with E-state index in [1.54, 1.807) is 5.38 Å². The molecule has 6 atom stereocenters. The molecule has 2 aliphatic heterocycles. The fourth-order valence-corrected chi connectivity index (χ4v) is 5.58. The van der Waals surface area contributed by atoms with Gasteiger partial charge in [0.1, 0.15) is 11.1 Å². The number of thiazole rings is 1. The van der Waals surface area contributed by atoms with Gasteiger partial charge in [0.2, 0.25) is 0 Å². The summed E-state index contributed by atoms with van der Waals surface area (Å²) in [5.41, 5.74) is 0.347. The van der Waals surface area contributed by atoms with Gasteiger partial charge in [0, 0.05) is 30.9 Å². The average Bonchev–Trinajstić information content (AvgIpc) is 3.32. The third-order valence-corrected chi connectivity index (χ3v) is 7.03. The second-order valence-electron chi connectivity index (χ2n) is 8.48. The molecular weight excluding hydrogens is 394 g/mol. The van der Waals surface area contributed by atoms with Crippen molar-refractivity contribution in [1.29, 1.82) is 0 Å². The minimum atomic E-state index is -0.390. The van der Waals surface area contributed by atoms with Crippen molar-refractivity contribution in [1.82, 2.24) is 4.98 Å². The van der Waals surface area contributed by atoms with E-state index in [0.717, 1.165) is 50.1 Å². The Bertz CT molecular complexity index is 688. The van der Waals surface area contributed by atoms with E-state index in [1.807, 2.05) is 13.8 Å². The molecule has 0 bridgehead atoms. The van der Waals surface area contributed by atoms with Crippen molar-refractivity contribution in [2.45, 2.75) is 83.1 Å². The molecule has 0 radical (unpaired) electrons. The van der Waals surface area contributed by atoms with Crippen LogP contribution in [0.5, 0.6) is 0 Å². The van der Waals surface area contributed by atoms with Crippen LogP contribution in [0.4, 0.5) is 0 Å². The topological polar surface area (TPSA) is 87.1 Å². The van der Waals surface area contributed by atoms with Gasteiger partial charge in [-0.15, -0.1) is 11.3 Å². The monoisotopic (exact) mass is 425 g/mol. The zero-order chi connectivity index (χ0) is 20.4. The van der Waals surface area contributed by atoms with Gasteiger partial charge < -0.3 is 24.1 Å². The van der Waals surface area contributed by atoms with Crippen molar-refractivity contribution in [3.05, 3.63) is 16.1 Å². The van der Waals surface area contributed by atoms with Gasteiger partial charge in [0.15, 0.2) is 12.0 Å². The van der Waals surface area contributed by atoms with Crippen LogP contribution in [0.25, 0.3) is 0 Å². The van der Waals surface area contributed by atoms with E-state index >= 15 is 0 Å². The highest BCUT2D eigenvalue weighted by molar-refractivity contribution is 7.09. The van der Waals surface area contributed by atoms with E-state index in [0.29, 0.717) is 5.69 Å². The molecule has 1 saturated carbocycles. The first-order chi connectivity index (χ1) is 14.0. The molecule has 3 fully saturated rings. The van der Waals surface area contributed by atoms with Gasteiger partial charge in [0.25, 0.3) is 0 Å². The number of carbonyl (C=O) groups excluding carboxylic acids is 1. The lowest BCUT2D eigenvalue weighted by atomic mass is 9.87. The molecule has 3 heterocycles. The van der Waals surface area contributed by atoms with Crippen LogP contribution in [0.3, 0.4) is 0 Å². The van der Waals surface area contributed by atoms with Crippen molar-refractivity contribution in [3.63, 3.8) is 0 Å². The molecule has 1 aromatic heterocycles. The van der Waals surface area contributed by atoms with E-state index in [-0.39, 0.29) is 49.1 Å². The van der Waals surface area contributed by atoms with Gasteiger partial charge in [-0.25, -0.2) is 9.78 Å². The Morgan fingerprint density at radius 1 is 1.34 bits per heavy atom. The predicted molar refractivity (Wildman–Crippen MR) is 107 cm³/mol. The van der Waals surface area contributed by atoms with Gasteiger partial charge in [-0.3, -0.25) is 0 Å². The lowest BCUT2D eigenvalue weighted by molar-refractivity contribution is -0.198. The Balaban J connectivity index is 1.38.